The summed E-state index contributed by atoms with van der Waals surface area (Å²) in [6.07, 6.45) is 1.48. The van der Waals surface area contributed by atoms with Crippen molar-refractivity contribution in [3.8, 4) is 0 Å². The van der Waals surface area contributed by atoms with Crippen molar-refractivity contribution in [3.05, 3.63) is 17.0 Å². The Hall–Kier alpha value is -0.430. The molecule has 4 nitrogen and oxygen atoms in total. The average Bonchev–Trinajstić information content (AvgIpc) is 2.79. The molecular formula is C12H21NO3S2. The summed E-state index contributed by atoms with van der Waals surface area (Å²) in [6, 6.07) is 3.40. The van der Waals surface area contributed by atoms with Gasteiger partial charge in [0.1, 0.15) is 4.21 Å². The predicted octanol–water partition coefficient (Wildman–Crippen LogP) is 2.13. The van der Waals surface area contributed by atoms with E-state index in [0.717, 1.165) is 17.7 Å². The molecule has 0 aliphatic carbocycles. The first-order valence-corrected chi connectivity index (χ1v) is 8.36. The molecule has 0 aromatic carbocycles. The van der Waals surface area contributed by atoms with Crippen LogP contribution in [-0.2, 0) is 10.0 Å². The van der Waals surface area contributed by atoms with E-state index in [4.69, 9.17) is 0 Å². The summed E-state index contributed by atoms with van der Waals surface area (Å²) >= 11 is 1.26. The molecule has 0 unspecified atom stereocenters. The molecule has 104 valence electrons. The second-order valence-electron chi connectivity index (χ2n) is 4.55. The molecule has 0 saturated carbocycles. The first-order chi connectivity index (χ1) is 8.39. The van der Waals surface area contributed by atoms with Crippen molar-refractivity contribution < 1.29 is 13.5 Å². The van der Waals surface area contributed by atoms with Gasteiger partial charge in [-0.15, -0.1) is 11.3 Å². The van der Waals surface area contributed by atoms with Crippen LogP contribution >= 0.6 is 11.3 Å². The number of rotatable bonds is 7. The van der Waals surface area contributed by atoms with Crippen LogP contribution in [0.1, 0.15) is 31.6 Å². The topological polar surface area (TPSA) is 66.4 Å². The van der Waals surface area contributed by atoms with Gasteiger partial charge in [-0.2, -0.15) is 0 Å². The van der Waals surface area contributed by atoms with Crippen molar-refractivity contribution in [2.45, 2.75) is 37.8 Å². The molecule has 1 aromatic heterocycles. The minimum Gasteiger partial charge on any atom is -0.396 e. The molecule has 2 N–H and O–H groups in total. The lowest BCUT2D eigenvalue weighted by molar-refractivity contribution is 0.119. The van der Waals surface area contributed by atoms with E-state index in [1.165, 1.54) is 11.3 Å². The lowest BCUT2D eigenvalue weighted by Crippen LogP contribution is -2.39. The van der Waals surface area contributed by atoms with Gasteiger partial charge in [-0.05, 0) is 31.9 Å². The third-order valence-electron chi connectivity index (χ3n) is 3.45. The highest BCUT2D eigenvalue weighted by Crippen LogP contribution is 2.26. The maximum absolute atomic E-state index is 12.1. The molecule has 0 spiro atoms. The molecule has 0 aliphatic rings. The molecule has 1 rings (SSSR count). The number of nitrogens with one attached hydrogen (secondary N) is 1. The minimum absolute atomic E-state index is 0.00795. The first kappa shape index (κ1) is 15.6. The molecule has 0 amide bonds. The fourth-order valence-corrected chi connectivity index (χ4v) is 4.14. The van der Waals surface area contributed by atoms with E-state index in [1.54, 1.807) is 12.1 Å². The van der Waals surface area contributed by atoms with Gasteiger partial charge in [0.2, 0.25) is 10.0 Å². The minimum atomic E-state index is -3.45. The zero-order chi connectivity index (χ0) is 13.8. The Morgan fingerprint density at radius 3 is 2.33 bits per heavy atom. The smallest absolute Gasteiger partial charge is 0.250 e. The maximum atomic E-state index is 12.1. The largest absolute Gasteiger partial charge is 0.396 e. The van der Waals surface area contributed by atoms with Crippen molar-refractivity contribution in [1.82, 2.24) is 4.72 Å². The van der Waals surface area contributed by atoms with Crippen molar-refractivity contribution in [3.63, 3.8) is 0 Å². The molecule has 0 fully saturated rings. The van der Waals surface area contributed by atoms with Crippen LogP contribution in [0.2, 0.25) is 0 Å². The maximum Gasteiger partial charge on any atom is 0.250 e. The van der Waals surface area contributed by atoms with Crippen molar-refractivity contribution in [2.24, 2.45) is 5.41 Å². The predicted molar refractivity (Wildman–Crippen MR) is 74.3 cm³/mol. The molecule has 0 saturated heterocycles. The van der Waals surface area contributed by atoms with E-state index < -0.39 is 10.0 Å². The van der Waals surface area contributed by atoms with E-state index in [1.807, 2.05) is 20.8 Å². The van der Waals surface area contributed by atoms with Crippen LogP contribution in [0.4, 0.5) is 0 Å². The lowest BCUT2D eigenvalue weighted by atomic mass is 9.84. The summed E-state index contributed by atoms with van der Waals surface area (Å²) in [5, 5.41) is 9.42. The van der Waals surface area contributed by atoms with Gasteiger partial charge in [-0.1, -0.05) is 13.8 Å². The molecule has 1 heterocycles. The summed E-state index contributed by atoms with van der Waals surface area (Å²) in [5.41, 5.74) is -0.362. The van der Waals surface area contributed by atoms with Gasteiger partial charge in [0.25, 0.3) is 0 Å². The molecule has 0 bridgehead atoms. The van der Waals surface area contributed by atoms with Crippen LogP contribution in [0.15, 0.2) is 16.3 Å². The Bertz CT molecular complexity index is 467. The Morgan fingerprint density at radius 2 is 1.94 bits per heavy atom. The molecule has 0 atom stereocenters. The van der Waals surface area contributed by atoms with Gasteiger partial charge in [0.15, 0.2) is 0 Å². The Morgan fingerprint density at radius 1 is 1.33 bits per heavy atom. The zero-order valence-electron chi connectivity index (χ0n) is 11.1. The molecular weight excluding hydrogens is 270 g/mol. The van der Waals surface area contributed by atoms with Crippen LogP contribution in [-0.4, -0.2) is 26.7 Å². The Kier molecular flexibility index (Phi) is 5.33. The highest BCUT2D eigenvalue weighted by atomic mass is 32.2. The average molecular weight is 291 g/mol. The van der Waals surface area contributed by atoms with Gasteiger partial charge >= 0.3 is 0 Å². The summed E-state index contributed by atoms with van der Waals surface area (Å²) in [4.78, 5) is 0.967. The van der Waals surface area contributed by atoms with Crippen molar-refractivity contribution in [1.29, 1.82) is 0 Å². The van der Waals surface area contributed by atoms with E-state index >= 15 is 0 Å². The number of sulfonamides is 1. The first-order valence-electron chi connectivity index (χ1n) is 6.06. The summed E-state index contributed by atoms with van der Waals surface area (Å²) in [6.45, 7) is 6.06. The van der Waals surface area contributed by atoms with E-state index in [9.17, 15) is 13.5 Å². The SMILES string of the molecule is CCC(CC)(CO)CNS(=O)(=O)c1ccc(C)s1. The van der Waals surface area contributed by atoms with Crippen LogP contribution in [0, 0.1) is 12.3 Å². The number of hydrogen-bond acceptors (Lipinski definition) is 4. The number of aliphatic hydroxyl groups is 1. The molecule has 18 heavy (non-hydrogen) atoms. The lowest BCUT2D eigenvalue weighted by Gasteiger charge is -2.29. The van der Waals surface area contributed by atoms with Crippen LogP contribution < -0.4 is 4.72 Å². The quantitative estimate of drug-likeness (QED) is 0.809. The number of thiophene rings is 1. The van der Waals surface area contributed by atoms with Crippen LogP contribution in [0.25, 0.3) is 0 Å². The third-order valence-corrected chi connectivity index (χ3v) is 6.35. The summed E-state index contributed by atoms with van der Waals surface area (Å²) < 4.78 is 27.1. The van der Waals surface area contributed by atoms with Gasteiger partial charge in [-0.25, -0.2) is 13.1 Å². The van der Waals surface area contributed by atoms with E-state index in [2.05, 4.69) is 4.72 Å². The molecule has 0 radical (unpaired) electrons. The van der Waals surface area contributed by atoms with Crippen molar-refractivity contribution in [2.75, 3.05) is 13.2 Å². The second-order valence-corrected chi connectivity index (χ2v) is 7.84. The van der Waals surface area contributed by atoms with Crippen LogP contribution in [0.3, 0.4) is 0 Å². The molecule has 1 aromatic rings. The standard InChI is InChI=1S/C12H21NO3S2/c1-4-12(5-2,9-14)8-13-18(15,16)11-7-6-10(3)17-11/h6-7,13-14H,4-5,8-9H2,1-3H3. The highest BCUT2D eigenvalue weighted by Gasteiger charge is 2.28. The van der Waals surface area contributed by atoms with Gasteiger partial charge in [-0.3, -0.25) is 0 Å². The molecule has 0 aliphatic heterocycles. The van der Waals surface area contributed by atoms with Gasteiger partial charge in [0.05, 0.1) is 0 Å². The Labute approximate surface area is 113 Å². The van der Waals surface area contributed by atoms with E-state index in [-0.39, 0.29) is 18.6 Å². The molecule has 6 heteroatoms. The van der Waals surface area contributed by atoms with Crippen LogP contribution in [0.5, 0.6) is 0 Å². The third kappa shape index (κ3) is 3.54. The fraction of sp³-hybridized carbons (Fsp3) is 0.667. The number of aryl methyl sites for hydroxylation is 1. The normalized spacial score (nSPS) is 12.9. The number of hydrogen-bond donors (Lipinski definition) is 2. The van der Waals surface area contributed by atoms with E-state index in [0.29, 0.717) is 4.21 Å². The second kappa shape index (κ2) is 6.14. The highest BCUT2D eigenvalue weighted by molar-refractivity contribution is 7.91. The monoisotopic (exact) mass is 291 g/mol. The zero-order valence-corrected chi connectivity index (χ0v) is 12.7. The Balaban J connectivity index is 2.79. The summed E-state index contributed by atoms with van der Waals surface area (Å²) in [5.74, 6) is 0. The van der Waals surface area contributed by atoms with Crippen molar-refractivity contribution >= 4 is 21.4 Å². The summed E-state index contributed by atoms with van der Waals surface area (Å²) in [7, 11) is -3.45. The fourth-order valence-electron chi connectivity index (χ4n) is 1.66. The number of aliphatic hydroxyl groups excluding tert-OH is 1. The van der Waals surface area contributed by atoms with Gasteiger partial charge in [0, 0.05) is 23.4 Å². The van der Waals surface area contributed by atoms with Gasteiger partial charge < -0.3 is 5.11 Å².